The number of furan rings is 1. The van der Waals surface area contributed by atoms with Crippen LogP contribution in [0.3, 0.4) is 0 Å². The maximum absolute atomic E-state index is 6.42. The van der Waals surface area contributed by atoms with Crippen molar-refractivity contribution in [1.82, 2.24) is 0 Å². The van der Waals surface area contributed by atoms with Gasteiger partial charge >= 0.3 is 0 Å². The van der Waals surface area contributed by atoms with E-state index in [1.165, 1.54) is 64.7 Å². The lowest BCUT2D eigenvalue weighted by atomic mass is 9.86. The Bertz CT molecular complexity index is 2040. The molecule has 0 spiro atoms. The lowest BCUT2D eigenvalue weighted by Crippen LogP contribution is -1.90. The van der Waals surface area contributed by atoms with Gasteiger partial charge in [-0.05, 0) is 84.9 Å². The van der Waals surface area contributed by atoms with Gasteiger partial charge in [0.2, 0.25) is 0 Å². The molecule has 0 fully saturated rings. The van der Waals surface area contributed by atoms with Gasteiger partial charge in [-0.15, -0.1) is 11.3 Å². The van der Waals surface area contributed by atoms with E-state index in [0.29, 0.717) is 0 Å². The molecule has 0 aliphatic rings. The van der Waals surface area contributed by atoms with Gasteiger partial charge in [-0.3, -0.25) is 0 Å². The Kier molecular flexibility index (Phi) is 4.16. The first-order valence-corrected chi connectivity index (χ1v) is 13.1. The second kappa shape index (κ2) is 7.55. The third-order valence-corrected chi connectivity index (χ3v) is 8.28. The molecule has 168 valence electrons. The monoisotopic (exact) mass is 476 g/mol. The highest BCUT2D eigenvalue weighted by Gasteiger charge is 2.18. The fraction of sp³-hybridized carbons (Fsp3) is 0. The van der Waals surface area contributed by atoms with Crippen LogP contribution in [-0.4, -0.2) is 0 Å². The zero-order valence-corrected chi connectivity index (χ0v) is 20.2. The van der Waals surface area contributed by atoms with Crippen LogP contribution < -0.4 is 0 Å². The third-order valence-electron chi connectivity index (χ3n) is 7.34. The Labute approximate surface area is 211 Å². The van der Waals surface area contributed by atoms with Crippen molar-refractivity contribution in [1.29, 1.82) is 0 Å². The molecule has 6 aromatic carbocycles. The summed E-state index contributed by atoms with van der Waals surface area (Å²) in [5, 5.41) is 10.9. The summed E-state index contributed by atoms with van der Waals surface area (Å²) >= 11 is 1.78. The average Bonchev–Trinajstić information content (AvgIpc) is 3.56. The summed E-state index contributed by atoms with van der Waals surface area (Å²) in [6.07, 6.45) is 0. The molecule has 1 nitrogen and oxygen atoms in total. The van der Waals surface area contributed by atoms with Crippen LogP contribution in [0.25, 0.3) is 75.8 Å². The minimum Gasteiger partial charge on any atom is -0.456 e. The van der Waals surface area contributed by atoms with Crippen LogP contribution in [0.2, 0.25) is 0 Å². The molecule has 0 aliphatic carbocycles. The van der Waals surface area contributed by atoms with Crippen molar-refractivity contribution < 1.29 is 4.42 Å². The van der Waals surface area contributed by atoms with Crippen LogP contribution in [0.1, 0.15) is 0 Å². The fourth-order valence-corrected chi connectivity index (χ4v) is 6.75. The Balaban J connectivity index is 1.48. The molecule has 2 heteroatoms. The van der Waals surface area contributed by atoms with Crippen molar-refractivity contribution in [3.63, 3.8) is 0 Å². The molecule has 2 aromatic heterocycles. The predicted octanol–water partition coefficient (Wildman–Crippen LogP) is 10.4. The van der Waals surface area contributed by atoms with E-state index in [2.05, 4.69) is 121 Å². The van der Waals surface area contributed by atoms with Crippen molar-refractivity contribution in [2.45, 2.75) is 0 Å². The number of hydrogen-bond acceptors (Lipinski definition) is 2. The maximum Gasteiger partial charge on any atom is 0.136 e. The Hall–Kier alpha value is -4.40. The van der Waals surface area contributed by atoms with Gasteiger partial charge in [0, 0.05) is 15.5 Å². The van der Waals surface area contributed by atoms with Crippen LogP contribution in [-0.2, 0) is 0 Å². The summed E-state index contributed by atoms with van der Waals surface area (Å²) in [6.45, 7) is 0. The minimum atomic E-state index is 0.934. The average molecular weight is 477 g/mol. The smallest absolute Gasteiger partial charge is 0.136 e. The van der Waals surface area contributed by atoms with Gasteiger partial charge < -0.3 is 4.42 Å². The Morgan fingerprint density at radius 1 is 0.472 bits per heavy atom. The van der Waals surface area contributed by atoms with E-state index >= 15 is 0 Å². The van der Waals surface area contributed by atoms with Gasteiger partial charge in [-0.2, -0.15) is 0 Å². The summed E-state index contributed by atoms with van der Waals surface area (Å²) in [4.78, 5) is 0. The second-order valence-electron chi connectivity index (χ2n) is 9.30. The topological polar surface area (TPSA) is 13.1 Å². The highest BCUT2D eigenvalue weighted by Crippen LogP contribution is 2.45. The van der Waals surface area contributed by atoms with Gasteiger partial charge in [-0.1, -0.05) is 84.9 Å². The summed E-state index contributed by atoms with van der Waals surface area (Å²) < 4.78 is 7.71. The first-order chi connectivity index (χ1) is 17.9. The summed E-state index contributed by atoms with van der Waals surface area (Å²) in [7, 11) is 0. The van der Waals surface area contributed by atoms with Crippen LogP contribution in [0.4, 0.5) is 0 Å². The highest BCUT2D eigenvalue weighted by atomic mass is 32.1. The highest BCUT2D eigenvalue weighted by molar-refractivity contribution is 7.18. The molecule has 0 unspecified atom stereocenters. The van der Waals surface area contributed by atoms with Crippen molar-refractivity contribution in [2.24, 2.45) is 0 Å². The minimum absolute atomic E-state index is 0.934. The Morgan fingerprint density at radius 2 is 1.11 bits per heavy atom. The third kappa shape index (κ3) is 2.76. The first kappa shape index (κ1) is 19.9. The number of fused-ring (bicyclic) bond motifs is 7. The number of thiophene rings is 1. The van der Waals surface area contributed by atoms with Crippen molar-refractivity contribution in [3.8, 4) is 22.3 Å². The van der Waals surface area contributed by atoms with Gasteiger partial charge in [0.15, 0.2) is 0 Å². The van der Waals surface area contributed by atoms with E-state index < -0.39 is 0 Å². The molecule has 0 saturated carbocycles. The normalized spacial score (nSPS) is 11.9. The zero-order chi connectivity index (χ0) is 23.6. The van der Waals surface area contributed by atoms with Gasteiger partial charge in [0.25, 0.3) is 0 Å². The van der Waals surface area contributed by atoms with Crippen molar-refractivity contribution in [2.75, 3.05) is 0 Å². The number of hydrogen-bond donors (Lipinski definition) is 0. The number of benzene rings is 6. The van der Waals surface area contributed by atoms with Crippen molar-refractivity contribution >= 4 is 64.9 Å². The van der Waals surface area contributed by atoms with Crippen LogP contribution >= 0.6 is 11.3 Å². The quantitative estimate of drug-likeness (QED) is 0.226. The van der Waals surface area contributed by atoms with Crippen molar-refractivity contribution in [3.05, 3.63) is 121 Å². The van der Waals surface area contributed by atoms with E-state index in [1.54, 1.807) is 11.3 Å². The molecule has 0 N–H and O–H groups in total. The molecule has 0 amide bonds. The largest absolute Gasteiger partial charge is 0.456 e. The molecule has 0 atom stereocenters. The molecule has 0 radical (unpaired) electrons. The van der Waals surface area contributed by atoms with E-state index in [1.807, 2.05) is 0 Å². The zero-order valence-electron chi connectivity index (χ0n) is 19.4. The van der Waals surface area contributed by atoms with Crippen LogP contribution in [0.5, 0.6) is 0 Å². The van der Waals surface area contributed by atoms with Gasteiger partial charge in [-0.25, -0.2) is 0 Å². The standard InChI is InChI=1S/C34H20OS/c1-2-8-21(9-3-1)31-24-10-4-6-12-26(24)32(27-13-7-5-11-25(27)31)23-14-16-28-30(20-23)35-29-17-15-22-18-19-36-34(22)33(28)29/h1-20H. The first-order valence-electron chi connectivity index (χ1n) is 12.2. The molecule has 36 heavy (non-hydrogen) atoms. The molecule has 0 bridgehead atoms. The molecule has 8 rings (SSSR count). The molecule has 2 heterocycles. The second-order valence-corrected chi connectivity index (χ2v) is 10.2. The van der Waals surface area contributed by atoms with E-state index in [9.17, 15) is 0 Å². The fourth-order valence-electron chi connectivity index (χ4n) is 5.80. The molecule has 0 aliphatic heterocycles. The van der Waals surface area contributed by atoms with E-state index in [0.717, 1.165) is 11.2 Å². The van der Waals surface area contributed by atoms with Gasteiger partial charge in [0.1, 0.15) is 11.2 Å². The maximum atomic E-state index is 6.42. The molecule has 0 saturated heterocycles. The predicted molar refractivity (Wildman–Crippen MR) is 155 cm³/mol. The summed E-state index contributed by atoms with van der Waals surface area (Å²) in [6, 6.07) is 41.5. The lowest BCUT2D eigenvalue weighted by Gasteiger charge is -2.17. The van der Waals surface area contributed by atoms with Crippen LogP contribution in [0, 0.1) is 0 Å². The lowest BCUT2D eigenvalue weighted by molar-refractivity contribution is 0.669. The molecule has 8 aromatic rings. The van der Waals surface area contributed by atoms with Gasteiger partial charge in [0.05, 0.1) is 0 Å². The number of rotatable bonds is 2. The van der Waals surface area contributed by atoms with E-state index in [-0.39, 0.29) is 0 Å². The molecular formula is C34H20OS. The van der Waals surface area contributed by atoms with Crippen LogP contribution in [0.15, 0.2) is 125 Å². The summed E-state index contributed by atoms with van der Waals surface area (Å²) in [5.41, 5.74) is 6.84. The SMILES string of the molecule is c1ccc(-c2c3ccccc3c(-c3ccc4c(c3)oc3ccc5ccsc5c34)c3ccccc23)cc1. The molecular weight excluding hydrogens is 456 g/mol. The Morgan fingerprint density at radius 3 is 1.81 bits per heavy atom. The summed E-state index contributed by atoms with van der Waals surface area (Å²) in [5.74, 6) is 0. The van der Waals surface area contributed by atoms with E-state index in [4.69, 9.17) is 4.42 Å².